The minimum atomic E-state index is 1.12. The maximum absolute atomic E-state index is 2.46. The quantitative estimate of drug-likeness (QED) is 0.133. The van der Waals surface area contributed by atoms with Crippen molar-refractivity contribution >= 4 is 11.8 Å². The lowest BCUT2D eigenvalue weighted by Crippen LogP contribution is -2.20. The fourth-order valence-electron chi connectivity index (χ4n) is 3.15. The molecule has 0 N–H and O–H groups in total. The number of hydrogen-bond donors (Lipinski definition) is 0. The minimum absolute atomic E-state index is 1.12. The van der Waals surface area contributed by atoms with Gasteiger partial charge < -0.3 is 4.90 Å². The SMILES string of the molecule is CC.CCCCC/C=C\C/C=C\CCCCCCCCN(C)CCC.CCCSCC. The van der Waals surface area contributed by atoms with Crippen LogP contribution in [0.4, 0.5) is 0 Å². The molecule has 0 fully saturated rings. The van der Waals surface area contributed by atoms with Crippen molar-refractivity contribution in [1.29, 1.82) is 0 Å². The molecular weight excluding hydrogens is 394 g/mol. The molecule has 0 saturated carbocycles. The number of rotatable bonds is 20. The molecule has 0 aromatic carbocycles. The number of allylic oxidation sites excluding steroid dienone is 4. The second kappa shape index (κ2) is 37.1. The van der Waals surface area contributed by atoms with Crippen LogP contribution in [0, 0.1) is 0 Å². The molecule has 0 saturated heterocycles. The van der Waals surface area contributed by atoms with Gasteiger partial charge in [0.25, 0.3) is 0 Å². The normalized spacial score (nSPS) is 11.0. The van der Waals surface area contributed by atoms with Gasteiger partial charge in [-0.25, -0.2) is 0 Å². The number of thioether (sulfide) groups is 1. The Morgan fingerprint density at radius 3 is 1.61 bits per heavy atom. The van der Waals surface area contributed by atoms with Crippen molar-refractivity contribution in [1.82, 2.24) is 4.90 Å². The highest BCUT2D eigenvalue weighted by atomic mass is 32.2. The summed E-state index contributed by atoms with van der Waals surface area (Å²) < 4.78 is 0. The Hall–Kier alpha value is -0.210. The van der Waals surface area contributed by atoms with E-state index in [9.17, 15) is 0 Å². The van der Waals surface area contributed by atoms with Crippen LogP contribution in [-0.4, -0.2) is 36.5 Å². The first-order valence-electron chi connectivity index (χ1n) is 13.8. The maximum atomic E-state index is 2.46. The van der Waals surface area contributed by atoms with Gasteiger partial charge in [0.15, 0.2) is 0 Å². The van der Waals surface area contributed by atoms with Crippen LogP contribution in [0.2, 0.25) is 0 Å². The predicted octanol–water partition coefficient (Wildman–Crippen LogP) is 10.3. The monoisotopic (exact) mass is 455 g/mol. The zero-order valence-electron chi connectivity index (χ0n) is 22.9. The van der Waals surface area contributed by atoms with E-state index in [0.717, 1.165) is 6.42 Å². The van der Waals surface area contributed by atoms with Gasteiger partial charge in [-0.15, -0.1) is 0 Å². The Morgan fingerprint density at radius 1 is 0.581 bits per heavy atom. The smallest absolute Gasteiger partial charge is 0.00218 e. The summed E-state index contributed by atoms with van der Waals surface area (Å²) in [7, 11) is 2.25. The first-order chi connectivity index (χ1) is 15.2. The van der Waals surface area contributed by atoms with Crippen LogP contribution in [0.5, 0.6) is 0 Å². The summed E-state index contributed by atoms with van der Waals surface area (Å²) in [5.74, 6) is 2.60. The van der Waals surface area contributed by atoms with Crippen LogP contribution in [0.25, 0.3) is 0 Å². The highest BCUT2D eigenvalue weighted by molar-refractivity contribution is 7.99. The Morgan fingerprint density at radius 2 is 1.13 bits per heavy atom. The first-order valence-corrected chi connectivity index (χ1v) is 14.9. The Labute approximate surface area is 203 Å². The van der Waals surface area contributed by atoms with Gasteiger partial charge in [0.2, 0.25) is 0 Å². The molecule has 1 nitrogen and oxygen atoms in total. The number of nitrogens with zero attached hydrogens (tertiary/aromatic N) is 1. The molecule has 0 aliphatic heterocycles. The molecule has 0 aliphatic rings. The Kier molecular flexibility index (Phi) is 42.4. The van der Waals surface area contributed by atoms with Gasteiger partial charge in [-0.05, 0) is 83.0 Å². The zero-order valence-corrected chi connectivity index (χ0v) is 23.7. The molecule has 0 radical (unpaired) electrons. The van der Waals surface area contributed by atoms with Gasteiger partial charge in [-0.3, -0.25) is 0 Å². The lowest BCUT2D eigenvalue weighted by molar-refractivity contribution is 0.324. The van der Waals surface area contributed by atoms with Gasteiger partial charge in [0, 0.05) is 0 Å². The van der Waals surface area contributed by atoms with Gasteiger partial charge in [-0.2, -0.15) is 11.8 Å². The van der Waals surface area contributed by atoms with E-state index in [1.807, 2.05) is 25.6 Å². The molecule has 0 aromatic rings. The van der Waals surface area contributed by atoms with E-state index in [-0.39, 0.29) is 0 Å². The molecule has 0 rings (SSSR count). The molecule has 31 heavy (non-hydrogen) atoms. The molecule has 0 spiro atoms. The average Bonchev–Trinajstić information content (AvgIpc) is 2.79. The van der Waals surface area contributed by atoms with Crippen LogP contribution in [-0.2, 0) is 0 Å². The molecule has 2 heteroatoms. The molecule has 0 aliphatic carbocycles. The summed E-state index contributed by atoms with van der Waals surface area (Å²) in [6.45, 7) is 15.5. The van der Waals surface area contributed by atoms with Gasteiger partial charge in [-0.1, -0.05) is 104 Å². The van der Waals surface area contributed by atoms with Crippen LogP contribution in [0.3, 0.4) is 0 Å². The zero-order chi connectivity index (χ0) is 23.8. The van der Waals surface area contributed by atoms with Crippen molar-refractivity contribution < 1.29 is 0 Å². The predicted molar refractivity (Wildman–Crippen MR) is 152 cm³/mol. The van der Waals surface area contributed by atoms with E-state index in [2.05, 4.69) is 63.9 Å². The number of hydrogen-bond acceptors (Lipinski definition) is 2. The highest BCUT2D eigenvalue weighted by Crippen LogP contribution is 2.08. The van der Waals surface area contributed by atoms with Crippen LogP contribution >= 0.6 is 11.8 Å². The Balaban J connectivity index is -0.000000836. The highest BCUT2D eigenvalue weighted by Gasteiger charge is 1.96. The van der Waals surface area contributed by atoms with E-state index in [1.54, 1.807) is 0 Å². The van der Waals surface area contributed by atoms with E-state index in [4.69, 9.17) is 0 Å². The molecule has 0 aromatic heterocycles. The molecular formula is C29H61NS. The largest absolute Gasteiger partial charge is 0.306 e. The third-order valence-corrected chi connectivity index (χ3v) is 6.00. The third kappa shape index (κ3) is 40.6. The topological polar surface area (TPSA) is 3.24 Å². The summed E-state index contributed by atoms with van der Waals surface area (Å²) >= 11 is 2.01. The van der Waals surface area contributed by atoms with E-state index < -0.39 is 0 Å². The molecule has 188 valence electrons. The molecule has 0 unspecified atom stereocenters. The molecule has 0 heterocycles. The minimum Gasteiger partial charge on any atom is -0.306 e. The van der Waals surface area contributed by atoms with Crippen molar-refractivity contribution in [2.24, 2.45) is 0 Å². The van der Waals surface area contributed by atoms with E-state index in [0.29, 0.717) is 0 Å². The summed E-state index contributed by atoms with van der Waals surface area (Å²) in [5.41, 5.74) is 0. The standard InChI is InChI=1S/C22H43N.C5H12S.C2H6/c1-4-6-7-8-9-10-11-12-13-14-15-16-17-18-19-20-22-23(3)21-5-2;1-3-5-6-4-2;1-2/h9-10,12-13H,4-8,11,14-22H2,1-3H3;3-5H2,1-2H3;1-2H3/b10-9-,13-12-;;. The summed E-state index contributed by atoms with van der Waals surface area (Å²) in [6.07, 6.45) is 28.1. The van der Waals surface area contributed by atoms with Crippen molar-refractivity contribution in [2.45, 2.75) is 131 Å². The average molecular weight is 456 g/mol. The van der Waals surface area contributed by atoms with Crippen molar-refractivity contribution in [3.63, 3.8) is 0 Å². The summed E-state index contributed by atoms with van der Waals surface area (Å²) in [5, 5.41) is 0. The second-order valence-corrected chi connectivity index (χ2v) is 9.48. The van der Waals surface area contributed by atoms with E-state index in [1.165, 1.54) is 108 Å². The van der Waals surface area contributed by atoms with Gasteiger partial charge in [0.1, 0.15) is 0 Å². The lowest BCUT2D eigenvalue weighted by atomic mass is 10.1. The summed E-state index contributed by atoms with van der Waals surface area (Å²) in [4.78, 5) is 2.46. The van der Waals surface area contributed by atoms with Crippen molar-refractivity contribution in [3.05, 3.63) is 24.3 Å². The van der Waals surface area contributed by atoms with Gasteiger partial charge >= 0.3 is 0 Å². The Bertz CT molecular complexity index is 321. The van der Waals surface area contributed by atoms with Crippen LogP contribution in [0.1, 0.15) is 131 Å². The lowest BCUT2D eigenvalue weighted by Gasteiger charge is -2.14. The molecule has 0 atom stereocenters. The van der Waals surface area contributed by atoms with Crippen LogP contribution in [0.15, 0.2) is 24.3 Å². The maximum Gasteiger partial charge on any atom is -0.00218 e. The van der Waals surface area contributed by atoms with Gasteiger partial charge in [0.05, 0.1) is 0 Å². The fraction of sp³-hybridized carbons (Fsp3) is 0.862. The molecule has 0 amide bonds. The number of unbranched alkanes of at least 4 members (excludes halogenated alkanes) is 9. The fourth-order valence-corrected chi connectivity index (χ4v) is 3.73. The van der Waals surface area contributed by atoms with Crippen molar-refractivity contribution in [3.8, 4) is 0 Å². The second-order valence-electron chi connectivity index (χ2n) is 8.08. The summed E-state index contributed by atoms with van der Waals surface area (Å²) in [6, 6.07) is 0. The molecule has 0 bridgehead atoms. The van der Waals surface area contributed by atoms with Crippen LogP contribution < -0.4 is 0 Å². The van der Waals surface area contributed by atoms with E-state index >= 15 is 0 Å². The first kappa shape index (κ1) is 35.4. The third-order valence-electron chi connectivity index (χ3n) is 4.90. The van der Waals surface area contributed by atoms with Crippen molar-refractivity contribution in [2.75, 3.05) is 31.6 Å².